The van der Waals surface area contributed by atoms with Crippen molar-refractivity contribution < 1.29 is 9.72 Å². The van der Waals surface area contributed by atoms with Crippen LogP contribution >= 0.6 is 0 Å². The maximum absolute atomic E-state index is 11.0. The molecule has 1 amide bonds. The number of non-ortho nitro benzene ring substituents is 1. The van der Waals surface area contributed by atoms with Crippen molar-refractivity contribution in [1.82, 2.24) is 10.3 Å². The molecule has 21 heavy (non-hydrogen) atoms. The Labute approximate surface area is 121 Å². The van der Waals surface area contributed by atoms with Gasteiger partial charge in [-0.15, -0.1) is 0 Å². The van der Waals surface area contributed by atoms with Gasteiger partial charge in [-0.2, -0.15) is 0 Å². The Morgan fingerprint density at radius 1 is 1.43 bits per heavy atom. The molecule has 6 nitrogen and oxygen atoms in total. The number of nitrogens with zero attached hydrogens (tertiary/aromatic N) is 2. The van der Waals surface area contributed by atoms with E-state index >= 15 is 0 Å². The Bertz CT molecular complexity index is 760. The highest BCUT2D eigenvalue weighted by atomic mass is 16.6. The van der Waals surface area contributed by atoms with Gasteiger partial charge in [-0.05, 0) is 18.2 Å². The van der Waals surface area contributed by atoms with Gasteiger partial charge in [-0.1, -0.05) is 11.8 Å². The summed E-state index contributed by atoms with van der Waals surface area (Å²) in [5, 5.41) is 14.1. The standard InChI is InChI=1S/C15H13N3O3/c1-11(19)16-9-3-2-5-12-7-8-14(18(20)21)13-6-4-10-17-15(12)13/h4,6-8,10H,3,9H2,1H3,(H,16,19). The molecule has 0 bridgehead atoms. The minimum atomic E-state index is -0.433. The number of benzene rings is 1. The average Bonchev–Trinajstić information content (AvgIpc) is 2.46. The lowest BCUT2D eigenvalue weighted by Crippen LogP contribution is -2.20. The molecule has 0 aliphatic rings. The maximum Gasteiger partial charge on any atom is 0.278 e. The van der Waals surface area contributed by atoms with Gasteiger partial charge in [0.15, 0.2) is 0 Å². The first kappa shape index (κ1) is 14.5. The molecule has 6 heteroatoms. The molecule has 2 aromatic rings. The van der Waals surface area contributed by atoms with Crippen LogP contribution in [0.2, 0.25) is 0 Å². The summed E-state index contributed by atoms with van der Waals surface area (Å²) in [6.07, 6.45) is 2.08. The monoisotopic (exact) mass is 283 g/mol. The smallest absolute Gasteiger partial charge is 0.278 e. The van der Waals surface area contributed by atoms with Gasteiger partial charge in [0.2, 0.25) is 5.91 Å². The summed E-state index contributed by atoms with van der Waals surface area (Å²) >= 11 is 0. The van der Waals surface area contributed by atoms with Crippen LogP contribution < -0.4 is 5.32 Å². The normalized spacial score (nSPS) is 9.76. The molecule has 106 valence electrons. The maximum atomic E-state index is 11.0. The number of nitro groups is 1. The SMILES string of the molecule is CC(=O)NCCC#Cc1ccc([N+](=O)[O-])c2cccnc12. The number of aromatic nitrogens is 1. The predicted octanol–water partition coefficient (Wildman–Crippen LogP) is 2.02. The van der Waals surface area contributed by atoms with E-state index in [9.17, 15) is 14.9 Å². The summed E-state index contributed by atoms with van der Waals surface area (Å²) in [5.74, 6) is 5.77. The number of hydrogen-bond acceptors (Lipinski definition) is 4. The molecule has 0 fully saturated rings. The van der Waals surface area contributed by atoms with E-state index in [1.54, 1.807) is 24.4 Å². The first-order valence-corrected chi connectivity index (χ1v) is 6.35. The Kier molecular flexibility index (Phi) is 4.46. The summed E-state index contributed by atoms with van der Waals surface area (Å²) in [6, 6.07) is 6.34. The van der Waals surface area contributed by atoms with Gasteiger partial charge in [0.25, 0.3) is 5.69 Å². The van der Waals surface area contributed by atoms with Gasteiger partial charge in [0.1, 0.15) is 0 Å². The van der Waals surface area contributed by atoms with Crippen molar-refractivity contribution >= 4 is 22.5 Å². The molecule has 0 aliphatic heterocycles. The lowest BCUT2D eigenvalue weighted by atomic mass is 10.1. The summed E-state index contributed by atoms with van der Waals surface area (Å²) in [6.45, 7) is 1.92. The molecule has 0 saturated carbocycles. The van der Waals surface area contributed by atoms with Crippen molar-refractivity contribution in [2.75, 3.05) is 6.54 Å². The lowest BCUT2D eigenvalue weighted by Gasteiger charge is -2.01. The lowest BCUT2D eigenvalue weighted by molar-refractivity contribution is -0.383. The second kappa shape index (κ2) is 6.48. The molecular formula is C15H13N3O3. The van der Waals surface area contributed by atoms with Crippen molar-refractivity contribution in [3.05, 3.63) is 46.1 Å². The number of amides is 1. The number of fused-ring (bicyclic) bond motifs is 1. The molecule has 1 aromatic carbocycles. The zero-order valence-corrected chi connectivity index (χ0v) is 11.4. The van der Waals surface area contributed by atoms with Crippen LogP contribution in [0.15, 0.2) is 30.5 Å². The number of hydrogen-bond donors (Lipinski definition) is 1. The third-order valence-electron chi connectivity index (χ3n) is 2.79. The van der Waals surface area contributed by atoms with E-state index < -0.39 is 4.92 Å². The van der Waals surface area contributed by atoms with E-state index in [4.69, 9.17) is 0 Å². The minimum Gasteiger partial charge on any atom is -0.355 e. The molecule has 0 aliphatic carbocycles. The number of carbonyl (C=O) groups is 1. The van der Waals surface area contributed by atoms with Gasteiger partial charge in [-0.25, -0.2) is 0 Å². The van der Waals surface area contributed by atoms with Crippen LogP contribution in [0, 0.1) is 22.0 Å². The fraction of sp³-hybridized carbons (Fsp3) is 0.200. The first-order chi connectivity index (χ1) is 10.1. The van der Waals surface area contributed by atoms with E-state index in [0.29, 0.717) is 29.4 Å². The molecule has 0 spiro atoms. The fourth-order valence-electron chi connectivity index (χ4n) is 1.88. The third kappa shape index (κ3) is 3.54. The quantitative estimate of drug-likeness (QED) is 0.404. The molecule has 1 heterocycles. The molecule has 0 unspecified atom stereocenters. The first-order valence-electron chi connectivity index (χ1n) is 6.35. The van der Waals surface area contributed by atoms with Crippen LogP contribution in [0.1, 0.15) is 18.9 Å². The number of nitro benzene ring substituents is 1. The van der Waals surface area contributed by atoms with Crippen LogP contribution in [-0.2, 0) is 4.79 Å². The van der Waals surface area contributed by atoms with Crippen LogP contribution in [0.5, 0.6) is 0 Å². The Morgan fingerprint density at radius 2 is 2.24 bits per heavy atom. The molecule has 0 radical (unpaired) electrons. The second-order valence-electron chi connectivity index (χ2n) is 4.32. The van der Waals surface area contributed by atoms with Crippen LogP contribution in [0.3, 0.4) is 0 Å². The Morgan fingerprint density at radius 3 is 2.95 bits per heavy atom. The zero-order chi connectivity index (χ0) is 15.2. The highest BCUT2D eigenvalue weighted by Crippen LogP contribution is 2.26. The predicted molar refractivity (Wildman–Crippen MR) is 78.6 cm³/mol. The topological polar surface area (TPSA) is 85.1 Å². The summed E-state index contributed by atoms with van der Waals surface area (Å²) in [7, 11) is 0. The van der Waals surface area contributed by atoms with Gasteiger partial charge in [0.05, 0.1) is 21.4 Å². The van der Waals surface area contributed by atoms with Crippen molar-refractivity contribution in [3.8, 4) is 11.8 Å². The minimum absolute atomic E-state index is 0.0156. The molecule has 2 rings (SSSR count). The summed E-state index contributed by atoms with van der Waals surface area (Å²) < 4.78 is 0. The van der Waals surface area contributed by atoms with E-state index in [0.717, 1.165) is 0 Å². The summed E-state index contributed by atoms with van der Waals surface area (Å²) in [5.41, 5.74) is 1.17. The largest absolute Gasteiger partial charge is 0.355 e. The highest BCUT2D eigenvalue weighted by Gasteiger charge is 2.13. The molecule has 1 aromatic heterocycles. The van der Waals surface area contributed by atoms with E-state index in [-0.39, 0.29) is 11.6 Å². The fourth-order valence-corrected chi connectivity index (χ4v) is 1.88. The van der Waals surface area contributed by atoms with E-state index in [1.807, 2.05) is 0 Å². The van der Waals surface area contributed by atoms with Crippen LogP contribution in [0.4, 0.5) is 5.69 Å². The van der Waals surface area contributed by atoms with Crippen molar-refractivity contribution in [3.63, 3.8) is 0 Å². The molecule has 1 N–H and O–H groups in total. The van der Waals surface area contributed by atoms with Crippen LogP contribution in [-0.4, -0.2) is 22.4 Å². The van der Waals surface area contributed by atoms with Crippen molar-refractivity contribution in [1.29, 1.82) is 0 Å². The number of pyridine rings is 1. The third-order valence-corrected chi connectivity index (χ3v) is 2.79. The van der Waals surface area contributed by atoms with Crippen molar-refractivity contribution in [2.45, 2.75) is 13.3 Å². The van der Waals surface area contributed by atoms with Gasteiger partial charge < -0.3 is 5.32 Å². The van der Waals surface area contributed by atoms with E-state index in [2.05, 4.69) is 22.1 Å². The number of rotatable bonds is 3. The molecule has 0 atom stereocenters. The number of nitrogens with one attached hydrogen (secondary N) is 1. The van der Waals surface area contributed by atoms with Gasteiger partial charge >= 0.3 is 0 Å². The Hall–Kier alpha value is -2.94. The average molecular weight is 283 g/mol. The van der Waals surface area contributed by atoms with E-state index in [1.165, 1.54) is 13.0 Å². The van der Waals surface area contributed by atoms with Gasteiger partial charge in [0, 0.05) is 32.2 Å². The molecular weight excluding hydrogens is 270 g/mol. The van der Waals surface area contributed by atoms with Crippen molar-refractivity contribution in [2.24, 2.45) is 0 Å². The zero-order valence-electron chi connectivity index (χ0n) is 11.4. The number of carbonyl (C=O) groups excluding carboxylic acids is 1. The van der Waals surface area contributed by atoms with Gasteiger partial charge in [-0.3, -0.25) is 19.9 Å². The summed E-state index contributed by atoms with van der Waals surface area (Å²) in [4.78, 5) is 25.5. The highest BCUT2D eigenvalue weighted by molar-refractivity contribution is 5.92. The van der Waals surface area contributed by atoms with Crippen LogP contribution in [0.25, 0.3) is 10.9 Å². The second-order valence-corrected chi connectivity index (χ2v) is 4.32. The Balaban J connectivity index is 2.30. The molecule has 0 saturated heterocycles.